The van der Waals surface area contributed by atoms with Crippen LogP contribution in [0.4, 0.5) is 0 Å². The van der Waals surface area contributed by atoms with Gasteiger partial charge in [-0.15, -0.1) is 11.3 Å². The van der Waals surface area contributed by atoms with Crippen molar-refractivity contribution >= 4 is 34.8 Å². The summed E-state index contributed by atoms with van der Waals surface area (Å²) in [7, 11) is 0. The van der Waals surface area contributed by atoms with Gasteiger partial charge in [-0.1, -0.05) is 18.5 Å². The summed E-state index contributed by atoms with van der Waals surface area (Å²) in [6.07, 6.45) is 1.01. The van der Waals surface area contributed by atoms with Gasteiger partial charge in [0.1, 0.15) is 6.10 Å². The molecule has 2 amide bonds. The quantitative estimate of drug-likeness (QED) is 0.830. The molecule has 7 heteroatoms. The molecule has 2 N–H and O–H groups in total. The molecule has 5 nitrogen and oxygen atoms in total. The topological polar surface area (TPSA) is 69.6 Å². The molecular formula is C14H19ClN2O3S. The predicted octanol–water partition coefficient (Wildman–Crippen LogP) is 1.81. The summed E-state index contributed by atoms with van der Waals surface area (Å²) in [6.45, 7) is 3.39. The van der Waals surface area contributed by atoms with Crippen LogP contribution in [-0.4, -0.2) is 41.5 Å². The van der Waals surface area contributed by atoms with Crippen LogP contribution in [0.1, 0.15) is 30.7 Å². The summed E-state index contributed by atoms with van der Waals surface area (Å²) in [5.74, 6) is -0.577. The number of thiophene rings is 1. The van der Waals surface area contributed by atoms with Crippen molar-refractivity contribution in [1.29, 1.82) is 0 Å². The molecule has 116 valence electrons. The molecule has 0 unspecified atom stereocenters. The third-order valence-electron chi connectivity index (χ3n) is 3.64. The fourth-order valence-corrected chi connectivity index (χ4v) is 3.28. The lowest BCUT2D eigenvalue weighted by molar-refractivity contribution is -0.146. The van der Waals surface area contributed by atoms with Crippen molar-refractivity contribution in [3.63, 3.8) is 0 Å². The van der Waals surface area contributed by atoms with Crippen LogP contribution in [0.2, 0.25) is 4.34 Å². The molecule has 0 saturated carbocycles. The van der Waals surface area contributed by atoms with Gasteiger partial charge in [-0.2, -0.15) is 0 Å². The Labute approximate surface area is 132 Å². The first-order chi connectivity index (χ1) is 9.97. The zero-order valence-electron chi connectivity index (χ0n) is 11.8. The van der Waals surface area contributed by atoms with Crippen molar-refractivity contribution in [3.05, 3.63) is 21.3 Å². The second-order valence-electron chi connectivity index (χ2n) is 5.34. The standard InChI is InChI=1S/C14H19ClN2O3S/c1-9-4-6-17(7-5-9)14(20)13(19)16-8-10(18)11-2-3-12(15)21-11/h2-3,9-10,18H,4-8H2,1H3,(H,16,19)/t10-/m1/s1. The molecule has 1 aliphatic heterocycles. The fraction of sp³-hybridized carbons (Fsp3) is 0.571. The van der Waals surface area contributed by atoms with Crippen molar-refractivity contribution in [1.82, 2.24) is 10.2 Å². The average molecular weight is 331 g/mol. The Hall–Kier alpha value is -1.11. The van der Waals surface area contributed by atoms with Crippen LogP contribution in [-0.2, 0) is 9.59 Å². The Balaban J connectivity index is 1.80. The highest BCUT2D eigenvalue weighted by molar-refractivity contribution is 7.16. The van der Waals surface area contributed by atoms with Crippen LogP contribution < -0.4 is 5.32 Å². The fourth-order valence-electron chi connectivity index (χ4n) is 2.23. The number of carbonyl (C=O) groups excluding carboxylic acids is 2. The van der Waals surface area contributed by atoms with E-state index in [0.717, 1.165) is 12.8 Å². The van der Waals surface area contributed by atoms with Crippen molar-refractivity contribution in [2.75, 3.05) is 19.6 Å². The third-order valence-corrected chi connectivity index (χ3v) is 4.98. The lowest BCUT2D eigenvalue weighted by atomic mass is 9.99. The average Bonchev–Trinajstić information content (AvgIpc) is 2.91. The third kappa shape index (κ3) is 4.43. The molecule has 0 aromatic carbocycles. The van der Waals surface area contributed by atoms with E-state index in [1.54, 1.807) is 17.0 Å². The Kier molecular flexibility index (Phi) is 5.61. The molecule has 1 saturated heterocycles. The van der Waals surface area contributed by atoms with Crippen LogP contribution in [0.5, 0.6) is 0 Å². The minimum atomic E-state index is -0.847. The highest BCUT2D eigenvalue weighted by atomic mass is 35.5. The van der Waals surface area contributed by atoms with Gasteiger partial charge in [0.15, 0.2) is 0 Å². The molecule has 0 aliphatic carbocycles. The number of halogens is 1. The van der Waals surface area contributed by atoms with Gasteiger partial charge in [0.25, 0.3) is 0 Å². The van der Waals surface area contributed by atoms with Gasteiger partial charge in [0.05, 0.1) is 4.34 Å². The van der Waals surface area contributed by atoms with Gasteiger partial charge in [-0.05, 0) is 30.9 Å². The number of amides is 2. The van der Waals surface area contributed by atoms with E-state index in [0.29, 0.717) is 28.2 Å². The molecule has 21 heavy (non-hydrogen) atoms. The van der Waals surface area contributed by atoms with Crippen molar-refractivity contribution in [3.8, 4) is 0 Å². The number of rotatable bonds is 3. The van der Waals surface area contributed by atoms with Gasteiger partial charge < -0.3 is 15.3 Å². The van der Waals surface area contributed by atoms with Crippen molar-refractivity contribution in [2.45, 2.75) is 25.9 Å². The molecule has 1 aromatic rings. The smallest absolute Gasteiger partial charge is 0.311 e. The molecule has 2 heterocycles. The second kappa shape index (κ2) is 7.24. The number of hydrogen-bond donors (Lipinski definition) is 2. The highest BCUT2D eigenvalue weighted by Gasteiger charge is 2.25. The molecule has 0 spiro atoms. The summed E-state index contributed by atoms with van der Waals surface area (Å²) in [6, 6.07) is 3.39. The summed E-state index contributed by atoms with van der Waals surface area (Å²) in [4.78, 5) is 26.0. The van der Waals surface area contributed by atoms with E-state index in [4.69, 9.17) is 11.6 Å². The Morgan fingerprint density at radius 3 is 2.71 bits per heavy atom. The van der Waals surface area contributed by atoms with Crippen LogP contribution in [0, 0.1) is 5.92 Å². The van der Waals surface area contributed by atoms with E-state index in [1.165, 1.54) is 11.3 Å². The lowest BCUT2D eigenvalue weighted by Gasteiger charge is -2.29. The minimum absolute atomic E-state index is 0.00561. The van der Waals surface area contributed by atoms with Gasteiger partial charge in [0.2, 0.25) is 0 Å². The number of piperidine rings is 1. The Morgan fingerprint density at radius 2 is 2.14 bits per heavy atom. The number of likely N-dealkylation sites (tertiary alicyclic amines) is 1. The zero-order chi connectivity index (χ0) is 15.4. The largest absolute Gasteiger partial charge is 0.386 e. The Bertz CT molecular complexity index is 512. The predicted molar refractivity (Wildman–Crippen MR) is 82.3 cm³/mol. The van der Waals surface area contributed by atoms with Crippen molar-refractivity contribution < 1.29 is 14.7 Å². The molecule has 1 aromatic heterocycles. The number of carbonyl (C=O) groups is 2. The normalized spacial score (nSPS) is 17.6. The molecule has 1 fully saturated rings. The maximum atomic E-state index is 12.0. The first-order valence-electron chi connectivity index (χ1n) is 6.97. The van der Waals surface area contributed by atoms with Gasteiger partial charge in [-0.25, -0.2) is 0 Å². The second-order valence-corrected chi connectivity index (χ2v) is 7.09. The highest BCUT2D eigenvalue weighted by Crippen LogP contribution is 2.26. The SMILES string of the molecule is CC1CCN(C(=O)C(=O)NC[C@@H](O)c2ccc(Cl)s2)CC1. The Morgan fingerprint density at radius 1 is 1.48 bits per heavy atom. The first-order valence-corrected chi connectivity index (χ1v) is 8.17. The molecule has 0 radical (unpaired) electrons. The number of nitrogens with zero attached hydrogens (tertiary/aromatic N) is 1. The summed E-state index contributed by atoms with van der Waals surface area (Å²) in [5.41, 5.74) is 0. The molecule has 1 aliphatic rings. The van der Waals surface area contributed by atoms with Gasteiger partial charge in [-0.3, -0.25) is 9.59 Å². The van der Waals surface area contributed by atoms with Crippen molar-refractivity contribution in [2.24, 2.45) is 5.92 Å². The summed E-state index contributed by atoms with van der Waals surface area (Å²) >= 11 is 7.04. The maximum Gasteiger partial charge on any atom is 0.311 e. The molecule has 1 atom stereocenters. The summed E-state index contributed by atoms with van der Waals surface area (Å²) in [5, 5.41) is 12.4. The minimum Gasteiger partial charge on any atom is -0.386 e. The number of aliphatic hydroxyl groups excluding tert-OH is 1. The maximum absolute atomic E-state index is 12.0. The molecule has 2 rings (SSSR count). The van der Waals surface area contributed by atoms with Crippen LogP contribution >= 0.6 is 22.9 Å². The number of hydrogen-bond acceptors (Lipinski definition) is 4. The molecular weight excluding hydrogens is 312 g/mol. The first kappa shape index (κ1) is 16.3. The number of aliphatic hydroxyl groups is 1. The van der Waals surface area contributed by atoms with E-state index >= 15 is 0 Å². The van der Waals surface area contributed by atoms with E-state index in [1.807, 2.05) is 0 Å². The van der Waals surface area contributed by atoms with E-state index < -0.39 is 17.9 Å². The van der Waals surface area contributed by atoms with Gasteiger partial charge >= 0.3 is 11.8 Å². The van der Waals surface area contributed by atoms with E-state index in [2.05, 4.69) is 12.2 Å². The number of nitrogens with one attached hydrogen (secondary N) is 1. The van der Waals surface area contributed by atoms with E-state index in [-0.39, 0.29) is 6.54 Å². The lowest BCUT2D eigenvalue weighted by Crippen LogP contribution is -2.46. The van der Waals surface area contributed by atoms with Crippen LogP contribution in [0.3, 0.4) is 0 Å². The van der Waals surface area contributed by atoms with Crippen LogP contribution in [0.25, 0.3) is 0 Å². The van der Waals surface area contributed by atoms with Crippen LogP contribution in [0.15, 0.2) is 12.1 Å². The molecule has 0 bridgehead atoms. The van der Waals surface area contributed by atoms with Gasteiger partial charge in [0, 0.05) is 24.5 Å². The zero-order valence-corrected chi connectivity index (χ0v) is 13.4. The monoisotopic (exact) mass is 330 g/mol. The van der Waals surface area contributed by atoms with E-state index in [9.17, 15) is 14.7 Å². The summed E-state index contributed by atoms with van der Waals surface area (Å²) < 4.78 is 0.578.